The van der Waals surface area contributed by atoms with E-state index in [0.717, 1.165) is 12.8 Å². The van der Waals surface area contributed by atoms with Crippen molar-refractivity contribution in [2.45, 2.75) is 56.1 Å². The molecule has 9 nitrogen and oxygen atoms in total. The van der Waals surface area contributed by atoms with E-state index in [9.17, 15) is 8.42 Å². The second-order valence-corrected chi connectivity index (χ2v) is 8.43. The molecule has 136 valence electrons. The molecule has 0 bridgehead atoms. The van der Waals surface area contributed by atoms with Gasteiger partial charge in [0.1, 0.15) is 16.6 Å². The Labute approximate surface area is 145 Å². The van der Waals surface area contributed by atoms with Gasteiger partial charge in [-0.25, -0.2) is 8.42 Å². The molecule has 1 saturated carbocycles. The maximum Gasteiger partial charge on any atom is 0.249 e. The topological polar surface area (TPSA) is 112 Å². The summed E-state index contributed by atoms with van der Waals surface area (Å²) in [5.74, 6) is 1.58. The van der Waals surface area contributed by atoms with Crippen molar-refractivity contribution in [1.82, 2.24) is 19.6 Å². The quantitative estimate of drug-likeness (QED) is 0.784. The maximum atomic E-state index is 13.2. The zero-order valence-electron chi connectivity index (χ0n) is 14.3. The summed E-state index contributed by atoms with van der Waals surface area (Å²) in [5.41, 5.74) is 0.335. The second-order valence-electron chi connectivity index (χ2n) is 6.60. The van der Waals surface area contributed by atoms with Crippen LogP contribution < -0.4 is 0 Å². The zero-order chi connectivity index (χ0) is 17.8. The fourth-order valence-electron chi connectivity index (χ4n) is 3.28. The predicted molar refractivity (Wildman–Crippen MR) is 84.3 cm³/mol. The zero-order valence-corrected chi connectivity index (χ0v) is 15.1. The normalized spacial score (nSPS) is 24.9. The van der Waals surface area contributed by atoms with Gasteiger partial charge < -0.3 is 13.8 Å². The summed E-state index contributed by atoms with van der Waals surface area (Å²) in [7, 11) is -2.26. The molecule has 0 spiro atoms. The molecule has 2 fully saturated rings. The predicted octanol–water partition coefficient (Wildman–Crippen LogP) is 1.70. The number of hydrogen-bond acceptors (Lipinski definition) is 8. The SMILES string of the molecule is CO[C@H]1C[C@H](c2nc(C3CC3)no2)N(S(=O)(=O)c2c(C)noc2C)C1. The van der Waals surface area contributed by atoms with Crippen molar-refractivity contribution in [2.75, 3.05) is 13.7 Å². The van der Waals surface area contributed by atoms with Crippen LogP contribution >= 0.6 is 0 Å². The minimum atomic E-state index is -3.82. The fraction of sp³-hybridized carbons (Fsp3) is 0.667. The van der Waals surface area contributed by atoms with Gasteiger partial charge in [0.15, 0.2) is 11.6 Å². The molecule has 10 heteroatoms. The number of nitrogens with zero attached hydrogens (tertiary/aromatic N) is 4. The van der Waals surface area contributed by atoms with Gasteiger partial charge in [-0.2, -0.15) is 9.29 Å². The molecule has 2 atom stereocenters. The van der Waals surface area contributed by atoms with E-state index in [1.54, 1.807) is 21.0 Å². The number of methoxy groups -OCH3 is 1. The van der Waals surface area contributed by atoms with Crippen LogP contribution in [0.25, 0.3) is 0 Å². The Hall–Kier alpha value is -1.78. The van der Waals surface area contributed by atoms with Crippen molar-refractivity contribution in [3.8, 4) is 0 Å². The fourth-order valence-corrected chi connectivity index (χ4v) is 5.20. The van der Waals surface area contributed by atoms with Crippen LogP contribution in [-0.4, -0.2) is 47.8 Å². The van der Waals surface area contributed by atoms with Crippen molar-refractivity contribution < 1.29 is 22.2 Å². The van der Waals surface area contributed by atoms with Crippen LogP contribution in [-0.2, 0) is 14.8 Å². The Balaban J connectivity index is 1.72. The van der Waals surface area contributed by atoms with Gasteiger partial charge >= 0.3 is 0 Å². The van der Waals surface area contributed by atoms with Gasteiger partial charge in [0.05, 0.1) is 6.10 Å². The highest BCUT2D eigenvalue weighted by Crippen LogP contribution is 2.41. The molecule has 1 aliphatic heterocycles. The van der Waals surface area contributed by atoms with Crippen LogP contribution in [0.1, 0.15) is 54.4 Å². The van der Waals surface area contributed by atoms with Gasteiger partial charge in [0.25, 0.3) is 0 Å². The smallest absolute Gasteiger partial charge is 0.249 e. The summed E-state index contributed by atoms with van der Waals surface area (Å²) in [6.45, 7) is 3.42. The second kappa shape index (κ2) is 5.89. The first kappa shape index (κ1) is 16.7. The molecule has 4 rings (SSSR count). The Morgan fingerprint density at radius 2 is 1.96 bits per heavy atom. The molecule has 0 unspecified atom stereocenters. The van der Waals surface area contributed by atoms with E-state index in [1.165, 1.54) is 4.31 Å². The van der Waals surface area contributed by atoms with E-state index >= 15 is 0 Å². The third-order valence-electron chi connectivity index (χ3n) is 4.77. The van der Waals surface area contributed by atoms with Gasteiger partial charge in [-0.1, -0.05) is 10.3 Å². The summed E-state index contributed by atoms with van der Waals surface area (Å²) >= 11 is 0. The molecule has 2 aromatic rings. The van der Waals surface area contributed by atoms with Gasteiger partial charge in [-0.15, -0.1) is 0 Å². The molecule has 1 aliphatic carbocycles. The summed E-state index contributed by atoms with van der Waals surface area (Å²) in [6.07, 6.45) is 2.32. The molecule has 0 amide bonds. The summed E-state index contributed by atoms with van der Waals surface area (Å²) in [6, 6.07) is -0.552. The van der Waals surface area contributed by atoms with Crippen molar-refractivity contribution in [1.29, 1.82) is 0 Å². The number of rotatable bonds is 5. The molecular weight excluding hydrogens is 348 g/mol. The minimum Gasteiger partial charge on any atom is -0.380 e. The number of ether oxygens (including phenoxy) is 1. The van der Waals surface area contributed by atoms with Crippen molar-refractivity contribution in [3.63, 3.8) is 0 Å². The molecule has 2 aromatic heterocycles. The van der Waals surface area contributed by atoms with Crippen LogP contribution in [0.2, 0.25) is 0 Å². The average Bonchev–Trinajstić information content (AvgIpc) is 3.00. The highest BCUT2D eigenvalue weighted by Gasteiger charge is 2.46. The van der Waals surface area contributed by atoms with Gasteiger partial charge in [0, 0.05) is 26.0 Å². The van der Waals surface area contributed by atoms with Crippen LogP contribution in [0.5, 0.6) is 0 Å². The lowest BCUT2D eigenvalue weighted by molar-refractivity contribution is 0.114. The number of aryl methyl sites for hydroxylation is 2. The highest BCUT2D eigenvalue weighted by molar-refractivity contribution is 7.89. The molecule has 1 saturated heterocycles. The van der Waals surface area contributed by atoms with Crippen molar-refractivity contribution in [2.24, 2.45) is 0 Å². The van der Waals surface area contributed by atoms with Gasteiger partial charge in [-0.3, -0.25) is 0 Å². The molecule has 0 aromatic carbocycles. The Bertz CT molecular complexity index is 866. The van der Waals surface area contributed by atoms with Crippen LogP contribution in [0.4, 0.5) is 0 Å². The molecular formula is C15H20N4O5S. The Kier molecular flexibility index (Phi) is 3.93. The van der Waals surface area contributed by atoms with Crippen LogP contribution in [0.3, 0.4) is 0 Å². The van der Waals surface area contributed by atoms with Crippen LogP contribution in [0, 0.1) is 13.8 Å². The summed E-state index contributed by atoms with van der Waals surface area (Å²) in [5, 5.41) is 7.77. The van der Waals surface area contributed by atoms with E-state index in [0.29, 0.717) is 29.7 Å². The Morgan fingerprint density at radius 3 is 2.56 bits per heavy atom. The van der Waals surface area contributed by atoms with E-state index in [4.69, 9.17) is 13.8 Å². The lowest BCUT2D eigenvalue weighted by Crippen LogP contribution is -2.32. The number of hydrogen-bond donors (Lipinski definition) is 0. The average molecular weight is 368 g/mol. The Morgan fingerprint density at radius 1 is 1.20 bits per heavy atom. The number of aromatic nitrogens is 3. The van der Waals surface area contributed by atoms with Gasteiger partial charge in [-0.05, 0) is 26.7 Å². The monoisotopic (exact) mass is 368 g/mol. The third-order valence-corrected chi connectivity index (χ3v) is 6.89. The lowest BCUT2D eigenvalue weighted by Gasteiger charge is -2.20. The highest BCUT2D eigenvalue weighted by atomic mass is 32.2. The van der Waals surface area contributed by atoms with E-state index in [2.05, 4.69) is 15.3 Å². The van der Waals surface area contributed by atoms with Gasteiger partial charge in [0.2, 0.25) is 15.9 Å². The van der Waals surface area contributed by atoms with Crippen LogP contribution in [0.15, 0.2) is 13.9 Å². The molecule has 2 aliphatic rings. The molecule has 0 N–H and O–H groups in total. The third kappa shape index (κ3) is 2.77. The standard InChI is InChI=1S/C15H20N4O5S/c1-8-13(9(2)23-17-8)25(20,21)19-7-11(22-3)6-12(19)15-16-14(18-24-15)10-4-5-10/h10-12H,4-7H2,1-3H3/t11-,12+/m0/s1. The van der Waals surface area contributed by atoms with E-state index < -0.39 is 16.1 Å². The first-order valence-corrected chi connectivity index (χ1v) is 9.66. The first-order valence-electron chi connectivity index (χ1n) is 8.22. The van der Waals surface area contributed by atoms with Crippen molar-refractivity contribution in [3.05, 3.63) is 23.2 Å². The van der Waals surface area contributed by atoms with E-state index in [1.807, 2.05) is 0 Å². The molecule has 0 radical (unpaired) electrons. The largest absolute Gasteiger partial charge is 0.380 e. The lowest BCUT2D eigenvalue weighted by atomic mass is 10.2. The maximum absolute atomic E-state index is 13.2. The molecule has 3 heterocycles. The van der Waals surface area contributed by atoms with E-state index in [-0.39, 0.29) is 23.3 Å². The number of sulfonamides is 1. The minimum absolute atomic E-state index is 0.0937. The summed E-state index contributed by atoms with van der Waals surface area (Å²) in [4.78, 5) is 4.53. The first-order chi connectivity index (χ1) is 11.9. The molecule has 25 heavy (non-hydrogen) atoms. The summed E-state index contributed by atoms with van der Waals surface area (Å²) < 4.78 is 43.6. The van der Waals surface area contributed by atoms with Crippen molar-refractivity contribution >= 4 is 10.0 Å².